The lowest BCUT2D eigenvalue weighted by Gasteiger charge is -2.29. The van der Waals surface area contributed by atoms with Crippen LogP contribution in [-0.4, -0.2) is 16.9 Å². The van der Waals surface area contributed by atoms with E-state index in [1.54, 1.807) is 18.3 Å². The third-order valence-corrected chi connectivity index (χ3v) is 3.83. The molecule has 0 unspecified atom stereocenters. The Morgan fingerprint density at radius 1 is 1.47 bits per heavy atom. The van der Waals surface area contributed by atoms with Crippen molar-refractivity contribution in [2.24, 2.45) is 5.92 Å². The van der Waals surface area contributed by atoms with Gasteiger partial charge in [0.25, 0.3) is 5.91 Å². The lowest BCUT2D eigenvalue weighted by molar-refractivity contribution is 0.0909. The Balaban J connectivity index is 2.06. The molecule has 0 saturated heterocycles. The van der Waals surface area contributed by atoms with Crippen LogP contribution in [0, 0.1) is 10.6 Å². The fourth-order valence-corrected chi connectivity index (χ4v) is 2.61. The summed E-state index contributed by atoms with van der Waals surface area (Å²) in [5.74, 6) is 0.513. The highest BCUT2D eigenvalue weighted by atomic mass is 32.1. The van der Waals surface area contributed by atoms with Gasteiger partial charge >= 0.3 is 0 Å². The highest BCUT2D eigenvalue weighted by molar-refractivity contribution is 7.71. The molecule has 1 aromatic heterocycles. The van der Waals surface area contributed by atoms with Crippen molar-refractivity contribution in [3.8, 4) is 0 Å². The van der Waals surface area contributed by atoms with E-state index in [1.807, 2.05) is 0 Å². The molecule has 0 aromatic carbocycles. The van der Waals surface area contributed by atoms with Crippen molar-refractivity contribution in [3.05, 3.63) is 28.5 Å². The van der Waals surface area contributed by atoms with Crippen LogP contribution in [0.1, 0.15) is 43.0 Å². The molecule has 0 spiro atoms. The first kappa shape index (κ1) is 12.3. The normalized spacial score (nSPS) is 24.3. The van der Waals surface area contributed by atoms with E-state index in [9.17, 15) is 4.79 Å². The number of hydrogen-bond donors (Lipinski definition) is 2. The van der Waals surface area contributed by atoms with E-state index in [0.717, 1.165) is 6.42 Å². The van der Waals surface area contributed by atoms with Crippen LogP contribution in [0.15, 0.2) is 18.3 Å². The van der Waals surface area contributed by atoms with Crippen molar-refractivity contribution in [2.45, 2.75) is 38.6 Å². The van der Waals surface area contributed by atoms with Crippen LogP contribution in [0.3, 0.4) is 0 Å². The molecule has 2 N–H and O–H groups in total. The monoisotopic (exact) mass is 250 g/mol. The third-order valence-electron chi connectivity index (χ3n) is 3.49. The SMILES string of the molecule is C[C@@H]1CCCC[C@@H]1NC(=O)c1ccc[nH]c1=S. The van der Waals surface area contributed by atoms with Gasteiger partial charge in [-0.25, -0.2) is 0 Å². The van der Waals surface area contributed by atoms with E-state index in [4.69, 9.17) is 12.2 Å². The topological polar surface area (TPSA) is 44.9 Å². The highest BCUT2D eigenvalue weighted by Gasteiger charge is 2.23. The van der Waals surface area contributed by atoms with E-state index < -0.39 is 0 Å². The smallest absolute Gasteiger partial charge is 0.254 e. The number of aromatic amines is 1. The molecule has 1 amide bonds. The fourth-order valence-electron chi connectivity index (χ4n) is 2.38. The maximum absolute atomic E-state index is 12.1. The molecule has 0 aliphatic heterocycles. The Bertz CT molecular complexity index is 455. The molecule has 1 fully saturated rings. The first-order valence-electron chi connectivity index (χ1n) is 6.17. The zero-order chi connectivity index (χ0) is 12.3. The van der Waals surface area contributed by atoms with Gasteiger partial charge < -0.3 is 10.3 Å². The highest BCUT2D eigenvalue weighted by Crippen LogP contribution is 2.23. The third kappa shape index (κ3) is 2.94. The number of aromatic nitrogens is 1. The molecular formula is C13H18N2OS. The Morgan fingerprint density at radius 2 is 2.24 bits per heavy atom. The van der Waals surface area contributed by atoms with Gasteiger partial charge in [-0.15, -0.1) is 0 Å². The molecule has 92 valence electrons. The summed E-state index contributed by atoms with van der Waals surface area (Å²) in [6, 6.07) is 3.86. The second-order valence-electron chi connectivity index (χ2n) is 4.75. The van der Waals surface area contributed by atoms with Crippen LogP contribution in [0.4, 0.5) is 0 Å². The molecule has 1 heterocycles. The van der Waals surface area contributed by atoms with Gasteiger partial charge in [-0.3, -0.25) is 4.79 Å². The Labute approximate surface area is 107 Å². The molecule has 2 atom stereocenters. The van der Waals surface area contributed by atoms with Gasteiger partial charge in [0.2, 0.25) is 0 Å². The first-order chi connectivity index (χ1) is 8.18. The summed E-state index contributed by atoms with van der Waals surface area (Å²) in [7, 11) is 0. The molecule has 0 radical (unpaired) electrons. The average Bonchev–Trinajstić information content (AvgIpc) is 2.32. The van der Waals surface area contributed by atoms with Crippen LogP contribution in [0.2, 0.25) is 0 Å². The van der Waals surface area contributed by atoms with Gasteiger partial charge in [-0.1, -0.05) is 32.0 Å². The van der Waals surface area contributed by atoms with Gasteiger partial charge in [0.15, 0.2) is 0 Å². The lowest BCUT2D eigenvalue weighted by Crippen LogP contribution is -2.41. The molecule has 1 aliphatic carbocycles. The summed E-state index contributed by atoms with van der Waals surface area (Å²) in [5, 5.41) is 3.10. The maximum atomic E-state index is 12.1. The van der Waals surface area contributed by atoms with Crippen molar-refractivity contribution in [1.29, 1.82) is 0 Å². The van der Waals surface area contributed by atoms with E-state index in [2.05, 4.69) is 17.2 Å². The van der Waals surface area contributed by atoms with E-state index >= 15 is 0 Å². The number of nitrogens with one attached hydrogen (secondary N) is 2. The Kier molecular flexibility index (Phi) is 3.94. The van der Waals surface area contributed by atoms with Crippen molar-refractivity contribution in [1.82, 2.24) is 10.3 Å². The van der Waals surface area contributed by atoms with Crippen LogP contribution < -0.4 is 5.32 Å². The Morgan fingerprint density at radius 3 is 2.94 bits per heavy atom. The van der Waals surface area contributed by atoms with Gasteiger partial charge in [0, 0.05) is 12.2 Å². The molecule has 2 rings (SSSR count). The first-order valence-corrected chi connectivity index (χ1v) is 6.58. The van der Waals surface area contributed by atoms with Crippen molar-refractivity contribution in [2.75, 3.05) is 0 Å². The molecule has 17 heavy (non-hydrogen) atoms. The number of carbonyl (C=O) groups excluding carboxylic acids is 1. The van der Waals surface area contributed by atoms with Gasteiger partial charge in [-0.05, 0) is 30.9 Å². The Hall–Kier alpha value is -1.16. The van der Waals surface area contributed by atoms with Gasteiger partial charge in [0.05, 0.1) is 5.56 Å². The number of pyridine rings is 1. The van der Waals surface area contributed by atoms with Crippen molar-refractivity contribution >= 4 is 18.1 Å². The minimum absolute atomic E-state index is 0.0504. The molecule has 3 nitrogen and oxygen atoms in total. The molecule has 1 saturated carbocycles. The number of amides is 1. The lowest BCUT2D eigenvalue weighted by atomic mass is 9.86. The maximum Gasteiger partial charge on any atom is 0.254 e. The number of H-pyrrole nitrogens is 1. The predicted molar refractivity (Wildman–Crippen MR) is 70.5 cm³/mol. The second kappa shape index (κ2) is 5.45. The zero-order valence-corrected chi connectivity index (χ0v) is 10.8. The van der Waals surface area contributed by atoms with Crippen LogP contribution in [-0.2, 0) is 0 Å². The summed E-state index contributed by atoms with van der Waals surface area (Å²) in [6.07, 6.45) is 6.50. The predicted octanol–water partition coefficient (Wildman–Crippen LogP) is 3.05. The summed E-state index contributed by atoms with van der Waals surface area (Å²) in [4.78, 5) is 15.0. The molecule has 0 bridgehead atoms. The molecular weight excluding hydrogens is 232 g/mol. The summed E-state index contributed by atoms with van der Waals surface area (Å²) < 4.78 is 0.508. The molecule has 1 aromatic rings. The fraction of sp³-hybridized carbons (Fsp3) is 0.538. The van der Waals surface area contributed by atoms with Crippen molar-refractivity contribution < 1.29 is 4.79 Å². The number of hydrogen-bond acceptors (Lipinski definition) is 2. The average molecular weight is 250 g/mol. The minimum atomic E-state index is -0.0504. The second-order valence-corrected chi connectivity index (χ2v) is 5.16. The molecule has 4 heteroatoms. The van der Waals surface area contributed by atoms with Gasteiger partial charge in [-0.2, -0.15) is 0 Å². The minimum Gasteiger partial charge on any atom is -0.352 e. The van der Waals surface area contributed by atoms with Gasteiger partial charge in [0.1, 0.15) is 4.64 Å². The van der Waals surface area contributed by atoms with Crippen LogP contribution in [0.5, 0.6) is 0 Å². The van der Waals surface area contributed by atoms with Crippen molar-refractivity contribution in [3.63, 3.8) is 0 Å². The summed E-state index contributed by atoms with van der Waals surface area (Å²) >= 11 is 5.11. The number of rotatable bonds is 2. The molecule has 1 aliphatic rings. The zero-order valence-electron chi connectivity index (χ0n) is 10.0. The van der Waals surface area contributed by atoms with E-state index in [0.29, 0.717) is 22.2 Å². The largest absolute Gasteiger partial charge is 0.352 e. The van der Waals surface area contributed by atoms with Crippen LogP contribution in [0.25, 0.3) is 0 Å². The van der Waals surface area contributed by atoms with E-state index in [-0.39, 0.29) is 5.91 Å². The van der Waals surface area contributed by atoms with E-state index in [1.165, 1.54) is 19.3 Å². The summed E-state index contributed by atoms with van der Waals surface area (Å²) in [6.45, 7) is 2.20. The quantitative estimate of drug-likeness (QED) is 0.792. The van der Waals surface area contributed by atoms with Crippen LogP contribution >= 0.6 is 12.2 Å². The number of carbonyl (C=O) groups is 1. The summed E-state index contributed by atoms with van der Waals surface area (Å²) in [5.41, 5.74) is 0.570. The standard InChI is InChI=1S/C13H18N2OS/c1-9-5-2-3-7-11(9)15-12(16)10-6-4-8-14-13(10)17/h4,6,8-9,11H,2-3,5,7H2,1H3,(H,14,17)(H,15,16)/t9-,11+/m1/s1.